The zero-order valence-electron chi connectivity index (χ0n) is 11.6. The highest BCUT2D eigenvalue weighted by Gasteiger charge is 2.30. The number of rotatable bonds is 1. The first-order valence-electron chi connectivity index (χ1n) is 6.59. The van der Waals surface area contributed by atoms with Gasteiger partial charge in [-0.05, 0) is 53.6 Å². The smallest absolute Gasteiger partial charge is 0.143 e. The minimum Gasteiger partial charge on any atom is -0.397 e. The number of nitrogen functional groups attached to an aromatic ring is 1. The lowest BCUT2D eigenvalue weighted by Gasteiger charge is -2.42. The Labute approximate surface area is 118 Å². The van der Waals surface area contributed by atoms with Crippen molar-refractivity contribution >= 4 is 27.4 Å². The van der Waals surface area contributed by atoms with Gasteiger partial charge in [-0.15, -0.1) is 0 Å². The molecule has 1 aromatic heterocycles. The Bertz CT molecular complexity index is 447. The van der Waals surface area contributed by atoms with Gasteiger partial charge < -0.3 is 10.6 Å². The molecule has 1 aliphatic rings. The lowest BCUT2D eigenvalue weighted by atomic mass is 9.86. The van der Waals surface area contributed by atoms with Gasteiger partial charge in [-0.2, -0.15) is 0 Å². The van der Waals surface area contributed by atoms with Crippen LogP contribution in [0.1, 0.15) is 32.8 Å². The largest absolute Gasteiger partial charge is 0.397 e. The van der Waals surface area contributed by atoms with E-state index in [1.165, 1.54) is 6.42 Å². The Kier molecular flexibility index (Phi) is 3.85. The van der Waals surface area contributed by atoms with E-state index in [2.05, 4.69) is 46.6 Å². The predicted molar refractivity (Wildman–Crippen MR) is 80.8 cm³/mol. The molecule has 0 spiro atoms. The number of aromatic nitrogens is 1. The number of anilines is 2. The van der Waals surface area contributed by atoms with Gasteiger partial charge in [0.2, 0.25) is 0 Å². The lowest BCUT2D eigenvalue weighted by molar-refractivity contribution is 0.295. The summed E-state index contributed by atoms with van der Waals surface area (Å²) >= 11 is 3.65. The SMILES string of the molecule is Cc1c(N)cnc(N2CC(C)CC(C)C2C)c1Br. The third kappa shape index (κ3) is 2.35. The van der Waals surface area contributed by atoms with Crippen LogP contribution in [0.3, 0.4) is 0 Å². The average molecular weight is 312 g/mol. The zero-order valence-corrected chi connectivity index (χ0v) is 13.2. The molecule has 100 valence electrons. The molecule has 0 bridgehead atoms. The van der Waals surface area contributed by atoms with Crippen molar-refractivity contribution in [1.82, 2.24) is 4.98 Å². The summed E-state index contributed by atoms with van der Waals surface area (Å²) in [6.07, 6.45) is 3.06. The Hall–Kier alpha value is -0.770. The highest BCUT2D eigenvalue weighted by molar-refractivity contribution is 9.10. The highest BCUT2D eigenvalue weighted by Crippen LogP contribution is 2.36. The minimum atomic E-state index is 0.521. The molecule has 2 N–H and O–H groups in total. The maximum atomic E-state index is 5.90. The van der Waals surface area contributed by atoms with Crippen molar-refractivity contribution in [2.75, 3.05) is 17.2 Å². The second kappa shape index (κ2) is 5.08. The fourth-order valence-corrected chi connectivity index (χ4v) is 3.33. The summed E-state index contributed by atoms with van der Waals surface area (Å²) in [6.45, 7) is 10.0. The number of hydrogen-bond acceptors (Lipinski definition) is 3. The van der Waals surface area contributed by atoms with Crippen molar-refractivity contribution in [2.24, 2.45) is 11.8 Å². The van der Waals surface area contributed by atoms with E-state index >= 15 is 0 Å². The molecule has 1 aromatic rings. The normalized spacial score (nSPS) is 28.5. The molecule has 0 saturated carbocycles. The quantitative estimate of drug-likeness (QED) is 0.861. The van der Waals surface area contributed by atoms with Crippen molar-refractivity contribution in [3.63, 3.8) is 0 Å². The second-order valence-electron chi connectivity index (χ2n) is 5.69. The molecule has 4 heteroatoms. The van der Waals surface area contributed by atoms with Gasteiger partial charge in [0, 0.05) is 12.6 Å². The predicted octanol–water partition coefficient (Wildman–Crippen LogP) is 3.61. The van der Waals surface area contributed by atoms with Crippen LogP contribution in [0, 0.1) is 18.8 Å². The molecule has 2 heterocycles. The Balaban J connectivity index is 2.38. The first-order valence-corrected chi connectivity index (χ1v) is 7.38. The van der Waals surface area contributed by atoms with Gasteiger partial charge >= 0.3 is 0 Å². The second-order valence-corrected chi connectivity index (χ2v) is 6.48. The third-order valence-corrected chi connectivity index (χ3v) is 5.10. The molecule has 2 rings (SSSR count). The minimum absolute atomic E-state index is 0.521. The molecule has 3 nitrogen and oxygen atoms in total. The lowest BCUT2D eigenvalue weighted by Crippen LogP contribution is -2.46. The Morgan fingerprint density at radius 2 is 2.06 bits per heavy atom. The summed E-state index contributed by atoms with van der Waals surface area (Å²) in [5.41, 5.74) is 7.73. The Morgan fingerprint density at radius 1 is 1.39 bits per heavy atom. The maximum absolute atomic E-state index is 5.90. The van der Waals surface area contributed by atoms with Crippen LogP contribution < -0.4 is 10.6 Å². The molecule has 0 aromatic carbocycles. The van der Waals surface area contributed by atoms with Crippen LogP contribution in [0.25, 0.3) is 0 Å². The first-order chi connectivity index (χ1) is 8.41. The summed E-state index contributed by atoms with van der Waals surface area (Å²) in [7, 11) is 0. The highest BCUT2D eigenvalue weighted by atomic mass is 79.9. The fourth-order valence-electron chi connectivity index (χ4n) is 2.77. The summed E-state index contributed by atoms with van der Waals surface area (Å²) in [5.74, 6) is 2.44. The standard InChI is InChI=1S/C14H22BrN3/c1-8-5-9(2)11(4)18(7-8)14-13(15)10(3)12(16)6-17-14/h6,8-9,11H,5,7,16H2,1-4H3. The van der Waals surface area contributed by atoms with E-state index in [-0.39, 0.29) is 0 Å². The topological polar surface area (TPSA) is 42.1 Å². The monoisotopic (exact) mass is 311 g/mol. The van der Waals surface area contributed by atoms with Crippen molar-refractivity contribution in [2.45, 2.75) is 40.2 Å². The number of hydrogen-bond donors (Lipinski definition) is 1. The number of nitrogens with two attached hydrogens (primary N) is 1. The van der Waals surface area contributed by atoms with E-state index in [9.17, 15) is 0 Å². The van der Waals surface area contributed by atoms with Crippen molar-refractivity contribution in [3.05, 3.63) is 16.2 Å². The molecule has 0 amide bonds. The van der Waals surface area contributed by atoms with Crippen molar-refractivity contribution in [3.8, 4) is 0 Å². The van der Waals surface area contributed by atoms with Gasteiger partial charge in [0.25, 0.3) is 0 Å². The number of piperidine rings is 1. The van der Waals surface area contributed by atoms with Crippen molar-refractivity contribution in [1.29, 1.82) is 0 Å². The first kappa shape index (κ1) is 13.7. The van der Waals surface area contributed by atoms with E-state index in [0.29, 0.717) is 17.9 Å². The summed E-state index contributed by atoms with van der Waals surface area (Å²) < 4.78 is 1.04. The molecular weight excluding hydrogens is 290 g/mol. The zero-order chi connectivity index (χ0) is 13.4. The van der Waals surface area contributed by atoms with E-state index in [0.717, 1.165) is 28.1 Å². The van der Waals surface area contributed by atoms with Gasteiger partial charge in [-0.1, -0.05) is 13.8 Å². The molecule has 3 atom stereocenters. The summed E-state index contributed by atoms with van der Waals surface area (Å²) in [4.78, 5) is 6.95. The van der Waals surface area contributed by atoms with Crippen molar-refractivity contribution < 1.29 is 0 Å². The Morgan fingerprint density at radius 3 is 2.72 bits per heavy atom. The molecule has 0 radical (unpaired) electrons. The third-order valence-electron chi connectivity index (χ3n) is 4.15. The number of nitrogens with zero attached hydrogens (tertiary/aromatic N) is 2. The molecule has 0 aliphatic carbocycles. The van der Waals surface area contributed by atoms with E-state index in [1.807, 2.05) is 6.92 Å². The van der Waals surface area contributed by atoms with Crippen LogP contribution in [-0.2, 0) is 0 Å². The number of halogens is 1. The van der Waals surface area contributed by atoms with Crippen LogP contribution in [0.4, 0.5) is 11.5 Å². The van der Waals surface area contributed by atoms with Crippen LogP contribution in [-0.4, -0.2) is 17.6 Å². The van der Waals surface area contributed by atoms with Crippen LogP contribution in [0.5, 0.6) is 0 Å². The van der Waals surface area contributed by atoms with E-state index in [1.54, 1.807) is 6.20 Å². The van der Waals surface area contributed by atoms with Crippen LogP contribution in [0.15, 0.2) is 10.7 Å². The molecule has 3 unspecified atom stereocenters. The number of pyridine rings is 1. The fraction of sp³-hybridized carbons (Fsp3) is 0.643. The molecule has 1 fully saturated rings. The van der Waals surface area contributed by atoms with Crippen LogP contribution >= 0.6 is 15.9 Å². The molecular formula is C14H22BrN3. The van der Waals surface area contributed by atoms with Gasteiger partial charge in [-0.25, -0.2) is 4.98 Å². The molecule has 18 heavy (non-hydrogen) atoms. The molecule has 1 saturated heterocycles. The van der Waals surface area contributed by atoms with E-state index < -0.39 is 0 Å². The molecule has 1 aliphatic heterocycles. The summed E-state index contributed by atoms with van der Waals surface area (Å²) in [5, 5.41) is 0. The van der Waals surface area contributed by atoms with Gasteiger partial charge in [0.1, 0.15) is 5.82 Å². The van der Waals surface area contributed by atoms with Gasteiger partial charge in [0.05, 0.1) is 16.4 Å². The summed E-state index contributed by atoms with van der Waals surface area (Å²) in [6, 6.07) is 0.521. The average Bonchev–Trinajstić information content (AvgIpc) is 2.31. The maximum Gasteiger partial charge on any atom is 0.143 e. The van der Waals surface area contributed by atoms with Crippen LogP contribution in [0.2, 0.25) is 0 Å². The van der Waals surface area contributed by atoms with E-state index in [4.69, 9.17) is 5.73 Å². The van der Waals surface area contributed by atoms with Gasteiger partial charge in [0.15, 0.2) is 0 Å². The van der Waals surface area contributed by atoms with Gasteiger partial charge in [-0.3, -0.25) is 0 Å².